The van der Waals surface area contributed by atoms with Gasteiger partial charge in [0.15, 0.2) is 17.4 Å². The highest BCUT2D eigenvalue weighted by Gasteiger charge is 2.22. The lowest BCUT2D eigenvalue weighted by molar-refractivity contribution is 0.624. The van der Waals surface area contributed by atoms with E-state index >= 15 is 0 Å². The van der Waals surface area contributed by atoms with E-state index in [1.807, 2.05) is 28.8 Å². The molecule has 1 aromatic carbocycles. The Morgan fingerprint density at radius 3 is 2.89 bits per heavy atom. The molecule has 27 heavy (non-hydrogen) atoms. The zero-order valence-corrected chi connectivity index (χ0v) is 15.8. The Morgan fingerprint density at radius 1 is 1.15 bits per heavy atom. The predicted octanol–water partition coefficient (Wildman–Crippen LogP) is 1.85. The number of aromatic nitrogens is 3. The molecule has 1 unspecified atom stereocenters. The lowest BCUT2D eigenvalue weighted by atomic mass is 10.2. The Balaban J connectivity index is 1.33. The van der Waals surface area contributed by atoms with Crippen molar-refractivity contribution in [1.29, 1.82) is 0 Å². The van der Waals surface area contributed by atoms with E-state index < -0.39 is 0 Å². The highest BCUT2D eigenvalue weighted by Crippen LogP contribution is 2.28. The van der Waals surface area contributed by atoms with Crippen LogP contribution < -0.4 is 15.5 Å². The quantitative estimate of drug-likeness (QED) is 0.535. The average molecular weight is 363 g/mol. The fraction of sp³-hybridized carbons (Fsp3) is 0.350. The van der Waals surface area contributed by atoms with Gasteiger partial charge < -0.3 is 15.5 Å². The maximum absolute atomic E-state index is 4.33. The van der Waals surface area contributed by atoms with Crippen molar-refractivity contribution >= 4 is 17.3 Å². The van der Waals surface area contributed by atoms with E-state index in [1.54, 1.807) is 7.05 Å². The second kappa shape index (κ2) is 7.65. The van der Waals surface area contributed by atoms with Crippen LogP contribution in [0.4, 0.5) is 5.69 Å². The smallest absolute Gasteiger partial charge is 0.191 e. The van der Waals surface area contributed by atoms with E-state index in [0.717, 1.165) is 36.9 Å². The van der Waals surface area contributed by atoms with Gasteiger partial charge >= 0.3 is 0 Å². The first-order valence-corrected chi connectivity index (χ1v) is 9.34. The van der Waals surface area contributed by atoms with Gasteiger partial charge in [-0.2, -0.15) is 0 Å². The molecule has 7 nitrogen and oxygen atoms in total. The third kappa shape index (κ3) is 3.58. The molecule has 0 bridgehead atoms. The number of guanidine groups is 1. The van der Waals surface area contributed by atoms with Crippen LogP contribution in [0.15, 0.2) is 53.7 Å². The molecule has 0 spiro atoms. The summed E-state index contributed by atoms with van der Waals surface area (Å²) < 4.78 is 1.98. The summed E-state index contributed by atoms with van der Waals surface area (Å²) in [5.74, 6) is 1.62. The monoisotopic (exact) mass is 363 g/mol. The Morgan fingerprint density at radius 2 is 2.00 bits per heavy atom. The Labute approximate surface area is 159 Å². The van der Waals surface area contributed by atoms with E-state index in [4.69, 9.17) is 0 Å². The van der Waals surface area contributed by atoms with Gasteiger partial charge in [-0.25, -0.2) is 0 Å². The minimum Gasteiger partial charge on any atom is -0.366 e. The van der Waals surface area contributed by atoms with Crippen molar-refractivity contribution < 1.29 is 0 Å². The van der Waals surface area contributed by atoms with Crippen molar-refractivity contribution in [1.82, 2.24) is 25.2 Å². The average Bonchev–Trinajstić information content (AvgIpc) is 3.32. The molecule has 3 heterocycles. The molecule has 0 aliphatic carbocycles. The van der Waals surface area contributed by atoms with Crippen LogP contribution >= 0.6 is 0 Å². The minimum absolute atomic E-state index is 0.376. The molecule has 0 amide bonds. The van der Waals surface area contributed by atoms with Crippen LogP contribution in [0.25, 0.3) is 5.65 Å². The summed E-state index contributed by atoms with van der Waals surface area (Å²) in [6.07, 6.45) is 3.09. The molecule has 0 saturated heterocycles. The summed E-state index contributed by atoms with van der Waals surface area (Å²) in [5, 5.41) is 15.2. The maximum Gasteiger partial charge on any atom is 0.191 e. The third-order valence-electron chi connectivity index (χ3n) is 5.04. The zero-order valence-electron chi connectivity index (χ0n) is 15.8. The minimum atomic E-state index is 0.376. The molecule has 1 atom stereocenters. The van der Waals surface area contributed by atoms with Crippen molar-refractivity contribution in [2.24, 2.45) is 4.99 Å². The lowest BCUT2D eigenvalue weighted by Crippen LogP contribution is -2.45. The number of hydrogen-bond donors (Lipinski definition) is 2. The largest absolute Gasteiger partial charge is 0.366 e. The van der Waals surface area contributed by atoms with Gasteiger partial charge in [-0.05, 0) is 37.1 Å². The molecule has 4 rings (SSSR count). The van der Waals surface area contributed by atoms with Crippen molar-refractivity contribution in [2.45, 2.75) is 25.9 Å². The third-order valence-corrected chi connectivity index (χ3v) is 5.04. The van der Waals surface area contributed by atoms with Crippen LogP contribution in [0.3, 0.4) is 0 Å². The number of aliphatic imine (C=N–C) groups is 1. The molecule has 0 radical (unpaired) electrons. The number of fused-ring (bicyclic) bond motifs is 2. The Kier molecular flexibility index (Phi) is 4.91. The van der Waals surface area contributed by atoms with E-state index in [0.29, 0.717) is 12.6 Å². The van der Waals surface area contributed by atoms with Crippen molar-refractivity contribution in [3.05, 3.63) is 60.0 Å². The second-order valence-corrected chi connectivity index (χ2v) is 6.77. The Bertz CT molecular complexity index is 946. The van der Waals surface area contributed by atoms with Crippen molar-refractivity contribution in [3.8, 4) is 0 Å². The highest BCUT2D eigenvalue weighted by atomic mass is 15.3. The molecule has 2 aromatic heterocycles. The summed E-state index contributed by atoms with van der Waals surface area (Å²) >= 11 is 0. The topological polar surface area (TPSA) is 69.8 Å². The predicted molar refractivity (Wildman–Crippen MR) is 108 cm³/mol. The second-order valence-electron chi connectivity index (χ2n) is 6.77. The number of pyridine rings is 1. The fourth-order valence-corrected chi connectivity index (χ4v) is 3.57. The highest BCUT2D eigenvalue weighted by molar-refractivity contribution is 5.79. The molecule has 7 heteroatoms. The summed E-state index contributed by atoms with van der Waals surface area (Å²) in [7, 11) is 1.78. The zero-order chi connectivity index (χ0) is 18.6. The van der Waals surface area contributed by atoms with Gasteiger partial charge in [-0.1, -0.05) is 24.3 Å². The summed E-state index contributed by atoms with van der Waals surface area (Å²) in [6.45, 7) is 4.69. The lowest BCUT2D eigenvalue weighted by Gasteiger charge is -2.28. The molecule has 3 aromatic rings. The molecule has 1 aliphatic rings. The van der Waals surface area contributed by atoms with Gasteiger partial charge in [0.25, 0.3) is 0 Å². The number of nitrogens with one attached hydrogen (secondary N) is 2. The SMILES string of the molecule is CN=C(NCc1nnc2ccccn12)NCC(C)N1CCc2ccccc21. The van der Waals surface area contributed by atoms with Crippen LogP contribution in [-0.2, 0) is 13.0 Å². The number of hydrogen-bond acceptors (Lipinski definition) is 4. The summed E-state index contributed by atoms with van der Waals surface area (Å²) in [6, 6.07) is 14.9. The summed E-state index contributed by atoms with van der Waals surface area (Å²) in [4.78, 5) is 6.79. The number of para-hydroxylation sites is 1. The Hall–Kier alpha value is -3.09. The van der Waals surface area contributed by atoms with Crippen LogP contribution in [0.2, 0.25) is 0 Å². The molecule has 0 saturated carbocycles. The van der Waals surface area contributed by atoms with E-state index in [2.05, 4.69) is 61.9 Å². The van der Waals surface area contributed by atoms with Crippen molar-refractivity contribution in [2.75, 3.05) is 25.0 Å². The molecule has 2 N–H and O–H groups in total. The molecule has 140 valence electrons. The van der Waals surface area contributed by atoms with Gasteiger partial charge in [0.2, 0.25) is 0 Å². The summed E-state index contributed by atoms with van der Waals surface area (Å²) in [5.41, 5.74) is 3.63. The van der Waals surface area contributed by atoms with E-state index in [1.165, 1.54) is 11.3 Å². The van der Waals surface area contributed by atoms with E-state index in [-0.39, 0.29) is 0 Å². The number of rotatable bonds is 5. The van der Waals surface area contributed by atoms with Crippen LogP contribution in [0, 0.1) is 0 Å². The van der Waals surface area contributed by atoms with Crippen LogP contribution in [-0.4, -0.2) is 46.7 Å². The number of nitrogens with zero attached hydrogens (tertiary/aromatic N) is 5. The first-order chi connectivity index (χ1) is 13.3. The molecular formula is C20H25N7. The van der Waals surface area contributed by atoms with Gasteiger partial charge in [0.1, 0.15) is 0 Å². The van der Waals surface area contributed by atoms with Crippen LogP contribution in [0.1, 0.15) is 18.3 Å². The van der Waals surface area contributed by atoms with Crippen molar-refractivity contribution in [3.63, 3.8) is 0 Å². The first kappa shape index (κ1) is 17.3. The fourth-order valence-electron chi connectivity index (χ4n) is 3.57. The van der Waals surface area contributed by atoms with Gasteiger partial charge in [0, 0.05) is 38.1 Å². The number of benzene rings is 1. The first-order valence-electron chi connectivity index (χ1n) is 9.34. The molecular weight excluding hydrogens is 338 g/mol. The number of anilines is 1. The van der Waals surface area contributed by atoms with Gasteiger partial charge in [-0.15, -0.1) is 10.2 Å². The standard InChI is InChI=1S/C20H25N7/c1-15(26-12-10-16-7-3-4-8-17(16)26)13-22-20(21-2)23-14-19-25-24-18-9-5-6-11-27(18)19/h3-9,11,15H,10,12-14H2,1-2H3,(H2,21,22,23). The maximum atomic E-state index is 4.33. The van der Waals surface area contributed by atoms with Gasteiger partial charge in [-0.3, -0.25) is 9.39 Å². The van der Waals surface area contributed by atoms with E-state index in [9.17, 15) is 0 Å². The van der Waals surface area contributed by atoms with Crippen LogP contribution in [0.5, 0.6) is 0 Å². The normalized spacial score (nSPS) is 15.0. The molecule has 1 aliphatic heterocycles. The van der Waals surface area contributed by atoms with Gasteiger partial charge in [0.05, 0.1) is 6.54 Å². The molecule has 0 fully saturated rings.